The van der Waals surface area contributed by atoms with Crippen molar-refractivity contribution in [2.45, 2.75) is 33.6 Å². The average molecular weight is 434 g/mol. The van der Waals surface area contributed by atoms with Crippen molar-refractivity contribution in [2.75, 3.05) is 62.6 Å². The van der Waals surface area contributed by atoms with Gasteiger partial charge in [0, 0.05) is 37.6 Å². The first-order valence-corrected chi connectivity index (χ1v) is 11.1. The summed E-state index contributed by atoms with van der Waals surface area (Å²) in [5.74, 6) is -0.667. The first kappa shape index (κ1) is 24.5. The number of nitrogens with zero attached hydrogens (tertiary/aromatic N) is 2. The largest absolute Gasteiger partial charge is 0.465 e. The molecule has 1 aromatic rings. The van der Waals surface area contributed by atoms with Crippen LogP contribution in [-0.4, -0.2) is 75.2 Å². The summed E-state index contributed by atoms with van der Waals surface area (Å²) in [4.78, 5) is 40.9. The third kappa shape index (κ3) is 7.75. The molecule has 1 heterocycles. The van der Waals surface area contributed by atoms with Gasteiger partial charge in [-0.15, -0.1) is 0 Å². The van der Waals surface area contributed by atoms with Crippen LogP contribution in [0, 0.1) is 0 Å². The van der Waals surface area contributed by atoms with Gasteiger partial charge in [0.15, 0.2) is 0 Å². The highest BCUT2D eigenvalue weighted by molar-refractivity contribution is 6.02. The number of benzene rings is 1. The predicted molar refractivity (Wildman–Crippen MR) is 122 cm³/mol. The second-order valence-corrected chi connectivity index (χ2v) is 7.32. The number of carbonyl (C=O) groups excluding carboxylic acids is 3. The minimum absolute atomic E-state index is 0.162. The smallest absolute Gasteiger partial charge is 0.325 e. The van der Waals surface area contributed by atoms with Gasteiger partial charge in [-0.2, -0.15) is 0 Å². The number of hydrogen-bond donors (Lipinski definition) is 3. The van der Waals surface area contributed by atoms with E-state index in [0.29, 0.717) is 17.8 Å². The van der Waals surface area contributed by atoms with Crippen LogP contribution in [0.2, 0.25) is 0 Å². The predicted octanol–water partition coefficient (Wildman–Crippen LogP) is 2.04. The standard InChI is InChI=1S/C22H35N5O4/c1-4-26(5-2)14-11-23-21(29)18-15-17(9-10-19(18)27-12-7-8-13-27)25-22(30)24-16-20(28)31-6-3/h9-10,15H,4-8,11-14,16H2,1-3H3,(H,23,29)(H2,24,25,30). The summed E-state index contributed by atoms with van der Waals surface area (Å²) in [7, 11) is 0. The molecule has 9 heteroatoms. The number of urea groups is 1. The first-order valence-electron chi connectivity index (χ1n) is 11.1. The summed E-state index contributed by atoms with van der Waals surface area (Å²) in [6, 6.07) is 4.79. The summed E-state index contributed by atoms with van der Waals surface area (Å²) in [5, 5.41) is 8.13. The highest BCUT2D eigenvalue weighted by Gasteiger charge is 2.20. The van der Waals surface area contributed by atoms with Crippen molar-refractivity contribution in [3.8, 4) is 0 Å². The molecule has 0 atom stereocenters. The molecule has 0 bridgehead atoms. The van der Waals surface area contributed by atoms with Crippen LogP contribution in [0.1, 0.15) is 44.0 Å². The molecular weight excluding hydrogens is 398 g/mol. The number of likely N-dealkylation sites (N-methyl/N-ethyl adjacent to an activating group) is 1. The number of esters is 1. The lowest BCUT2D eigenvalue weighted by Gasteiger charge is -2.23. The van der Waals surface area contributed by atoms with Crippen LogP contribution < -0.4 is 20.9 Å². The van der Waals surface area contributed by atoms with Gasteiger partial charge in [-0.05, 0) is 51.1 Å². The topological polar surface area (TPSA) is 103 Å². The molecule has 1 fully saturated rings. The van der Waals surface area contributed by atoms with Crippen LogP contribution in [-0.2, 0) is 9.53 Å². The van der Waals surface area contributed by atoms with Gasteiger partial charge >= 0.3 is 12.0 Å². The number of hydrogen-bond acceptors (Lipinski definition) is 6. The van der Waals surface area contributed by atoms with Crippen molar-refractivity contribution < 1.29 is 19.1 Å². The minimum Gasteiger partial charge on any atom is -0.465 e. The Morgan fingerprint density at radius 2 is 1.77 bits per heavy atom. The van der Waals surface area contributed by atoms with E-state index in [1.807, 2.05) is 6.07 Å². The van der Waals surface area contributed by atoms with Gasteiger partial charge in [0.25, 0.3) is 5.91 Å². The van der Waals surface area contributed by atoms with Crippen molar-refractivity contribution in [1.29, 1.82) is 0 Å². The van der Waals surface area contributed by atoms with Crippen molar-refractivity contribution >= 4 is 29.3 Å². The molecule has 1 aliphatic rings. The van der Waals surface area contributed by atoms with Crippen molar-refractivity contribution in [2.24, 2.45) is 0 Å². The molecule has 1 saturated heterocycles. The molecule has 0 aromatic heterocycles. The maximum Gasteiger partial charge on any atom is 0.325 e. The van der Waals surface area contributed by atoms with Gasteiger partial charge in [0.2, 0.25) is 0 Å². The number of rotatable bonds is 11. The average Bonchev–Trinajstić information content (AvgIpc) is 3.30. The molecule has 172 valence electrons. The summed E-state index contributed by atoms with van der Waals surface area (Å²) in [6.45, 7) is 11.0. The Bertz CT molecular complexity index is 745. The molecule has 0 aliphatic carbocycles. The van der Waals surface area contributed by atoms with Crippen LogP contribution in [0.5, 0.6) is 0 Å². The Balaban J connectivity index is 2.07. The Kier molecular flexibility index (Phi) is 10.1. The van der Waals surface area contributed by atoms with Gasteiger partial charge < -0.3 is 30.5 Å². The van der Waals surface area contributed by atoms with Crippen LogP contribution in [0.25, 0.3) is 0 Å². The fourth-order valence-electron chi connectivity index (χ4n) is 3.53. The molecule has 1 aromatic carbocycles. The molecule has 0 radical (unpaired) electrons. The van der Waals surface area contributed by atoms with Crippen LogP contribution in [0.15, 0.2) is 18.2 Å². The van der Waals surface area contributed by atoms with Gasteiger partial charge in [-0.25, -0.2) is 4.79 Å². The molecule has 2 rings (SSSR count). The van der Waals surface area contributed by atoms with Crippen molar-refractivity contribution in [3.63, 3.8) is 0 Å². The lowest BCUT2D eigenvalue weighted by molar-refractivity contribution is -0.141. The minimum atomic E-state index is -0.533. The van der Waals surface area contributed by atoms with Crippen LogP contribution in [0.3, 0.4) is 0 Å². The lowest BCUT2D eigenvalue weighted by Crippen LogP contribution is -2.36. The van der Waals surface area contributed by atoms with E-state index in [4.69, 9.17) is 4.74 Å². The van der Waals surface area contributed by atoms with E-state index in [-0.39, 0.29) is 19.1 Å². The second kappa shape index (κ2) is 12.8. The first-order chi connectivity index (χ1) is 15.0. The Morgan fingerprint density at radius 3 is 2.42 bits per heavy atom. The van der Waals surface area contributed by atoms with Crippen LogP contribution in [0.4, 0.5) is 16.2 Å². The summed E-state index contributed by atoms with van der Waals surface area (Å²) < 4.78 is 4.79. The van der Waals surface area contributed by atoms with Gasteiger partial charge in [-0.3, -0.25) is 9.59 Å². The van der Waals surface area contributed by atoms with Crippen molar-refractivity contribution in [1.82, 2.24) is 15.5 Å². The monoisotopic (exact) mass is 433 g/mol. The van der Waals surface area contributed by atoms with Crippen LogP contribution >= 0.6 is 0 Å². The molecule has 0 unspecified atom stereocenters. The molecular formula is C22H35N5O4. The Labute approximate surface area is 184 Å². The SMILES string of the molecule is CCOC(=O)CNC(=O)Nc1ccc(N2CCCC2)c(C(=O)NCCN(CC)CC)c1. The zero-order valence-electron chi connectivity index (χ0n) is 18.8. The highest BCUT2D eigenvalue weighted by Crippen LogP contribution is 2.27. The number of amides is 3. The van der Waals surface area contributed by atoms with Gasteiger partial charge in [-0.1, -0.05) is 13.8 Å². The molecule has 0 saturated carbocycles. The van der Waals surface area contributed by atoms with E-state index in [0.717, 1.165) is 51.3 Å². The molecule has 3 amide bonds. The fourth-order valence-corrected chi connectivity index (χ4v) is 3.53. The van der Waals surface area contributed by atoms with E-state index in [1.165, 1.54) is 0 Å². The number of ether oxygens (including phenoxy) is 1. The van der Waals surface area contributed by atoms with Gasteiger partial charge in [0.1, 0.15) is 6.54 Å². The lowest BCUT2D eigenvalue weighted by atomic mass is 10.1. The highest BCUT2D eigenvalue weighted by atomic mass is 16.5. The van der Waals surface area contributed by atoms with E-state index >= 15 is 0 Å². The van der Waals surface area contributed by atoms with E-state index in [9.17, 15) is 14.4 Å². The van der Waals surface area contributed by atoms with E-state index in [1.54, 1.807) is 19.1 Å². The molecule has 9 nitrogen and oxygen atoms in total. The zero-order valence-corrected chi connectivity index (χ0v) is 18.8. The Morgan fingerprint density at radius 1 is 1.06 bits per heavy atom. The van der Waals surface area contributed by atoms with E-state index in [2.05, 4.69) is 39.6 Å². The molecule has 0 spiro atoms. The van der Waals surface area contributed by atoms with E-state index < -0.39 is 12.0 Å². The third-order valence-electron chi connectivity index (χ3n) is 5.25. The van der Waals surface area contributed by atoms with Gasteiger partial charge in [0.05, 0.1) is 12.2 Å². The molecule has 1 aliphatic heterocycles. The normalized spacial score (nSPS) is 13.2. The zero-order chi connectivity index (χ0) is 22.6. The number of anilines is 2. The summed E-state index contributed by atoms with van der Waals surface area (Å²) >= 11 is 0. The molecule has 3 N–H and O–H groups in total. The third-order valence-corrected chi connectivity index (χ3v) is 5.25. The summed E-state index contributed by atoms with van der Waals surface area (Å²) in [5.41, 5.74) is 1.89. The maximum atomic E-state index is 13.0. The summed E-state index contributed by atoms with van der Waals surface area (Å²) in [6.07, 6.45) is 2.19. The number of carbonyl (C=O) groups is 3. The quantitative estimate of drug-likeness (QED) is 0.462. The number of nitrogens with one attached hydrogen (secondary N) is 3. The van der Waals surface area contributed by atoms with Crippen molar-refractivity contribution in [3.05, 3.63) is 23.8 Å². The maximum absolute atomic E-state index is 13.0. The fraction of sp³-hybridized carbons (Fsp3) is 0.591. The molecule has 31 heavy (non-hydrogen) atoms. The second-order valence-electron chi connectivity index (χ2n) is 7.32. The Hall–Kier alpha value is -2.81.